The monoisotopic (exact) mass is 952 g/mol. The molecule has 1 saturated heterocycles. The van der Waals surface area contributed by atoms with Gasteiger partial charge in [-0.3, -0.25) is 14.4 Å². The van der Waals surface area contributed by atoms with Crippen LogP contribution in [0, 0.1) is 0 Å². The van der Waals surface area contributed by atoms with Gasteiger partial charge >= 0.3 is 0 Å². The third-order valence-electron chi connectivity index (χ3n) is 13.5. The predicted octanol–water partition coefficient (Wildman–Crippen LogP) is 15.2. The molecule has 384 valence electrons. The number of benzene rings is 3. The smallest absolute Gasteiger partial charge is 0.253 e. The van der Waals surface area contributed by atoms with Crippen molar-refractivity contribution < 1.29 is 28.6 Å². The molecule has 1 heterocycles. The van der Waals surface area contributed by atoms with Crippen molar-refractivity contribution in [2.75, 3.05) is 59.1 Å². The second kappa shape index (κ2) is 36.4. The molecule has 1 aliphatic rings. The zero-order valence-corrected chi connectivity index (χ0v) is 43.7. The first-order chi connectivity index (χ1) is 33.9. The molecule has 4 rings (SSSR count). The molecule has 3 amide bonds. The standard InChI is InChI=1S/C60H93N3O6/c1-4-7-10-13-16-19-22-25-49-67-55-37-31-52(32-38-55)58(64)61-43-28-45-62(59(65)53-33-39-56(40-34-53)68-50-26-23-20-17-14-11-8-5-2)47-30-48-63(46-29-44-61)60(66)54-35-41-57(42-36-54)69-51-27-24-21-18-15-12-9-6-3/h31-42H,4-30,43-51H2,1-3H3. The molecule has 0 radical (unpaired) electrons. The Kier molecular flexibility index (Phi) is 30.1. The predicted molar refractivity (Wildman–Crippen MR) is 285 cm³/mol. The molecule has 0 saturated carbocycles. The van der Waals surface area contributed by atoms with Crippen LogP contribution in [-0.2, 0) is 0 Å². The Labute approximate surface area is 419 Å². The van der Waals surface area contributed by atoms with Crippen molar-refractivity contribution in [2.45, 2.75) is 194 Å². The highest BCUT2D eigenvalue weighted by Crippen LogP contribution is 2.21. The van der Waals surface area contributed by atoms with Gasteiger partial charge in [0, 0.05) is 56.0 Å². The number of ether oxygens (including phenoxy) is 3. The van der Waals surface area contributed by atoms with Crippen LogP contribution in [0.25, 0.3) is 0 Å². The second-order valence-electron chi connectivity index (χ2n) is 19.5. The van der Waals surface area contributed by atoms with Gasteiger partial charge in [-0.2, -0.15) is 0 Å². The Morgan fingerprint density at radius 2 is 0.522 bits per heavy atom. The van der Waals surface area contributed by atoms with Crippen molar-refractivity contribution in [3.05, 3.63) is 89.5 Å². The van der Waals surface area contributed by atoms with Crippen molar-refractivity contribution in [1.29, 1.82) is 0 Å². The maximum Gasteiger partial charge on any atom is 0.253 e. The quantitative estimate of drug-likeness (QED) is 0.0565. The van der Waals surface area contributed by atoms with Crippen LogP contribution in [-0.4, -0.2) is 91.5 Å². The van der Waals surface area contributed by atoms with Gasteiger partial charge < -0.3 is 28.9 Å². The molecular formula is C60H93N3O6. The van der Waals surface area contributed by atoms with Crippen LogP contribution in [0.2, 0.25) is 0 Å². The van der Waals surface area contributed by atoms with Crippen LogP contribution in [0.1, 0.15) is 225 Å². The SMILES string of the molecule is CCCCCCCCCCOc1ccc(C(=O)N2CCCN(C(=O)c3ccc(OCCCCCCCCCC)cc3)CCCN(C(=O)c3ccc(OCCCCCCCCCC)cc3)CCC2)cc1. The minimum absolute atomic E-state index is 0.0532. The molecule has 3 aromatic carbocycles. The number of unbranched alkanes of at least 4 members (excludes halogenated alkanes) is 21. The fourth-order valence-electron chi connectivity index (χ4n) is 9.21. The number of carbonyl (C=O) groups is 3. The molecule has 0 spiro atoms. The summed E-state index contributed by atoms with van der Waals surface area (Å²) in [6.07, 6.45) is 31.9. The van der Waals surface area contributed by atoms with Crippen LogP contribution in [0.3, 0.4) is 0 Å². The Hall–Kier alpha value is -4.53. The van der Waals surface area contributed by atoms with E-state index in [9.17, 15) is 14.4 Å². The second-order valence-corrected chi connectivity index (χ2v) is 19.5. The first kappa shape index (κ1) is 57.1. The summed E-state index contributed by atoms with van der Waals surface area (Å²) < 4.78 is 18.1. The fourth-order valence-corrected chi connectivity index (χ4v) is 9.21. The van der Waals surface area contributed by atoms with E-state index in [1.54, 1.807) is 0 Å². The van der Waals surface area contributed by atoms with Crippen LogP contribution in [0.15, 0.2) is 72.8 Å². The van der Waals surface area contributed by atoms with Crippen molar-refractivity contribution >= 4 is 17.7 Å². The Bertz CT molecular complexity index is 1560. The number of amides is 3. The van der Waals surface area contributed by atoms with E-state index >= 15 is 0 Å². The van der Waals surface area contributed by atoms with Gasteiger partial charge in [-0.15, -0.1) is 0 Å². The van der Waals surface area contributed by atoms with E-state index in [0.29, 0.717) is 95.0 Å². The summed E-state index contributed by atoms with van der Waals surface area (Å²) in [4.78, 5) is 48.1. The van der Waals surface area contributed by atoms with Gasteiger partial charge in [0.25, 0.3) is 17.7 Å². The molecule has 9 heteroatoms. The van der Waals surface area contributed by atoms with Crippen molar-refractivity contribution in [3.8, 4) is 17.2 Å². The van der Waals surface area contributed by atoms with Gasteiger partial charge in [0.1, 0.15) is 17.2 Å². The van der Waals surface area contributed by atoms with Gasteiger partial charge in [0.2, 0.25) is 0 Å². The molecule has 69 heavy (non-hydrogen) atoms. The highest BCUT2D eigenvalue weighted by molar-refractivity contribution is 5.95. The van der Waals surface area contributed by atoms with Gasteiger partial charge in [-0.05, 0) is 111 Å². The zero-order chi connectivity index (χ0) is 49.0. The first-order valence-electron chi connectivity index (χ1n) is 28.0. The molecule has 0 aliphatic carbocycles. The molecule has 0 bridgehead atoms. The molecular weight excluding hydrogens is 859 g/mol. The maximum atomic E-state index is 14.1. The van der Waals surface area contributed by atoms with Crippen molar-refractivity contribution in [2.24, 2.45) is 0 Å². The third-order valence-corrected chi connectivity index (χ3v) is 13.5. The van der Waals surface area contributed by atoms with Crippen LogP contribution >= 0.6 is 0 Å². The van der Waals surface area contributed by atoms with Crippen LogP contribution in [0.4, 0.5) is 0 Å². The molecule has 0 atom stereocenters. The molecule has 3 aromatic rings. The molecule has 0 aromatic heterocycles. The van der Waals surface area contributed by atoms with E-state index in [4.69, 9.17) is 14.2 Å². The summed E-state index contributed by atoms with van der Waals surface area (Å²) in [7, 11) is 0. The minimum Gasteiger partial charge on any atom is -0.494 e. The van der Waals surface area contributed by atoms with Gasteiger partial charge in [-0.25, -0.2) is 0 Å². The third kappa shape index (κ3) is 23.8. The molecule has 0 unspecified atom stereocenters. The fraction of sp³-hybridized carbons (Fsp3) is 0.650. The average molecular weight is 952 g/mol. The number of hydrogen-bond donors (Lipinski definition) is 0. The van der Waals surface area contributed by atoms with Gasteiger partial charge in [0.15, 0.2) is 0 Å². The number of nitrogens with zero attached hydrogens (tertiary/aromatic N) is 3. The molecule has 1 fully saturated rings. The minimum atomic E-state index is -0.0532. The largest absolute Gasteiger partial charge is 0.494 e. The molecule has 9 nitrogen and oxygen atoms in total. The molecule has 0 N–H and O–H groups in total. The Morgan fingerprint density at radius 1 is 0.319 bits per heavy atom. The molecule has 1 aliphatic heterocycles. The van der Waals surface area contributed by atoms with E-state index in [2.05, 4.69) is 20.8 Å². The van der Waals surface area contributed by atoms with Crippen molar-refractivity contribution in [1.82, 2.24) is 14.7 Å². The van der Waals surface area contributed by atoms with E-state index in [-0.39, 0.29) is 17.7 Å². The lowest BCUT2D eigenvalue weighted by molar-refractivity contribution is 0.0666. The Morgan fingerprint density at radius 3 is 0.739 bits per heavy atom. The lowest BCUT2D eigenvalue weighted by Crippen LogP contribution is -2.41. The number of rotatable bonds is 33. The van der Waals surface area contributed by atoms with Gasteiger partial charge in [-0.1, -0.05) is 156 Å². The van der Waals surface area contributed by atoms with E-state index < -0.39 is 0 Å². The summed E-state index contributed by atoms with van der Waals surface area (Å²) in [5, 5.41) is 0. The topological polar surface area (TPSA) is 88.6 Å². The summed E-state index contributed by atoms with van der Waals surface area (Å²) in [5.74, 6) is 2.17. The van der Waals surface area contributed by atoms with Crippen molar-refractivity contribution in [3.63, 3.8) is 0 Å². The summed E-state index contributed by atoms with van der Waals surface area (Å²) in [6.45, 7) is 11.8. The van der Waals surface area contributed by atoms with E-state index in [1.165, 1.54) is 135 Å². The number of hydrogen-bond acceptors (Lipinski definition) is 6. The lowest BCUT2D eigenvalue weighted by atomic mass is 10.1. The normalized spacial score (nSPS) is 13.7. The summed E-state index contributed by atoms with van der Waals surface area (Å²) in [5.41, 5.74) is 1.82. The summed E-state index contributed by atoms with van der Waals surface area (Å²) >= 11 is 0. The first-order valence-corrected chi connectivity index (χ1v) is 28.0. The van der Waals surface area contributed by atoms with E-state index in [1.807, 2.05) is 87.5 Å². The Balaban J connectivity index is 1.36. The van der Waals surface area contributed by atoms with Crippen LogP contribution in [0.5, 0.6) is 17.2 Å². The zero-order valence-electron chi connectivity index (χ0n) is 43.7. The van der Waals surface area contributed by atoms with Crippen LogP contribution < -0.4 is 14.2 Å². The average Bonchev–Trinajstić information content (AvgIpc) is 3.37. The van der Waals surface area contributed by atoms with Gasteiger partial charge in [0.05, 0.1) is 19.8 Å². The highest BCUT2D eigenvalue weighted by atomic mass is 16.5. The highest BCUT2D eigenvalue weighted by Gasteiger charge is 2.23. The summed E-state index contributed by atoms with van der Waals surface area (Å²) in [6, 6.07) is 22.5. The van der Waals surface area contributed by atoms with E-state index in [0.717, 1.165) is 36.5 Å². The maximum absolute atomic E-state index is 14.1. The lowest BCUT2D eigenvalue weighted by Gasteiger charge is -2.30. The number of carbonyl (C=O) groups excluding carboxylic acids is 3.